The van der Waals surface area contributed by atoms with Gasteiger partial charge in [-0.2, -0.15) is 11.8 Å². The quantitative estimate of drug-likeness (QED) is 0.751. The summed E-state index contributed by atoms with van der Waals surface area (Å²) in [5.41, 5.74) is 0. The number of hydrogen-bond acceptors (Lipinski definition) is 4. The monoisotopic (exact) mass is 233 g/mol. The molecule has 3 atom stereocenters. The summed E-state index contributed by atoms with van der Waals surface area (Å²) in [6, 6.07) is -0.313. The zero-order valence-electron chi connectivity index (χ0n) is 7.94. The molecule has 2 aliphatic heterocycles. The van der Waals surface area contributed by atoms with Gasteiger partial charge < -0.3 is 5.11 Å². The van der Waals surface area contributed by atoms with E-state index in [1.165, 1.54) is 17.9 Å². The van der Waals surface area contributed by atoms with E-state index in [1.807, 2.05) is 23.5 Å². The van der Waals surface area contributed by atoms with Crippen molar-refractivity contribution in [3.63, 3.8) is 0 Å². The second kappa shape index (κ2) is 4.77. The van der Waals surface area contributed by atoms with E-state index in [-0.39, 0.29) is 6.04 Å². The Labute approximate surface area is 92.4 Å². The first-order valence-corrected chi connectivity index (χ1v) is 7.16. The van der Waals surface area contributed by atoms with Gasteiger partial charge >= 0.3 is 5.97 Å². The topological polar surface area (TPSA) is 49.3 Å². The molecule has 0 saturated carbocycles. The highest BCUT2D eigenvalue weighted by Crippen LogP contribution is 2.33. The fraction of sp³-hybridized carbons (Fsp3) is 0.889. The van der Waals surface area contributed by atoms with E-state index >= 15 is 0 Å². The van der Waals surface area contributed by atoms with Crippen LogP contribution >= 0.6 is 23.5 Å². The summed E-state index contributed by atoms with van der Waals surface area (Å²) in [6.45, 7) is 0. The molecular formula is C9H15NO2S2. The average Bonchev–Trinajstić information content (AvgIpc) is 2.71. The third kappa shape index (κ3) is 2.38. The lowest BCUT2D eigenvalue weighted by atomic mass is 10.1. The number of carboxylic acids is 1. The van der Waals surface area contributed by atoms with E-state index < -0.39 is 5.97 Å². The molecule has 2 aliphatic rings. The molecule has 80 valence electrons. The first-order valence-electron chi connectivity index (χ1n) is 4.95. The van der Waals surface area contributed by atoms with Crippen molar-refractivity contribution >= 4 is 29.5 Å². The lowest BCUT2D eigenvalue weighted by Crippen LogP contribution is -2.48. The Balaban J connectivity index is 1.89. The molecule has 2 saturated heterocycles. The number of aliphatic carboxylic acids is 1. The SMILES string of the molecule is O=C(O)C1CCSC(C2CCSC2)N1. The number of hydrogen-bond donors (Lipinski definition) is 2. The molecule has 2 heterocycles. The van der Waals surface area contributed by atoms with Crippen LogP contribution in [0.5, 0.6) is 0 Å². The molecule has 0 bridgehead atoms. The van der Waals surface area contributed by atoms with E-state index in [0.717, 1.165) is 12.2 Å². The van der Waals surface area contributed by atoms with Crippen LogP contribution in [0.25, 0.3) is 0 Å². The molecule has 2 N–H and O–H groups in total. The van der Waals surface area contributed by atoms with E-state index in [0.29, 0.717) is 11.3 Å². The molecule has 0 aromatic carbocycles. The number of nitrogens with one attached hydrogen (secondary N) is 1. The summed E-state index contributed by atoms with van der Waals surface area (Å²) in [5, 5.41) is 12.5. The van der Waals surface area contributed by atoms with Crippen LogP contribution in [0.4, 0.5) is 0 Å². The van der Waals surface area contributed by atoms with Gasteiger partial charge in [0.25, 0.3) is 0 Å². The minimum atomic E-state index is -0.694. The summed E-state index contributed by atoms with van der Waals surface area (Å²) in [7, 11) is 0. The largest absolute Gasteiger partial charge is 0.480 e. The predicted molar refractivity (Wildman–Crippen MR) is 60.9 cm³/mol. The van der Waals surface area contributed by atoms with Crippen LogP contribution in [0.3, 0.4) is 0 Å². The Morgan fingerprint density at radius 3 is 2.86 bits per heavy atom. The van der Waals surface area contributed by atoms with E-state index in [1.54, 1.807) is 0 Å². The van der Waals surface area contributed by atoms with Gasteiger partial charge in [0.15, 0.2) is 0 Å². The smallest absolute Gasteiger partial charge is 0.320 e. The zero-order valence-corrected chi connectivity index (χ0v) is 9.57. The van der Waals surface area contributed by atoms with Crippen molar-refractivity contribution in [3.05, 3.63) is 0 Å². The Hall–Kier alpha value is 0.130. The molecule has 0 radical (unpaired) electrons. The van der Waals surface area contributed by atoms with Crippen LogP contribution in [-0.2, 0) is 4.79 Å². The van der Waals surface area contributed by atoms with Gasteiger partial charge in [0.05, 0.1) is 5.37 Å². The van der Waals surface area contributed by atoms with Crippen LogP contribution < -0.4 is 5.32 Å². The zero-order chi connectivity index (χ0) is 9.97. The number of thioether (sulfide) groups is 2. The summed E-state index contributed by atoms with van der Waals surface area (Å²) in [4.78, 5) is 10.8. The van der Waals surface area contributed by atoms with Gasteiger partial charge in [-0.05, 0) is 36.0 Å². The minimum absolute atomic E-state index is 0.313. The molecule has 3 nitrogen and oxygen atoms in total. The molecule has 2 rings (SSSR count). The van der Waals surface area contributed by atoms with Gasteiger partial charge in [-0.15, -0.1) is 11.8 Å². The number of carboxylic acid groups (broad SMARTS) is 1. The Bertz CT molecular complexity index is 219. The van der Waals surface area contributed by atoms with Gasteiger partial charge in [0.1, 0.15) is 6.04 Å². The second-order valence-electron chi connectivity index (χ2n) is 3.76. The normalized spacial score (nSPS) is 38.4. The molecule has 0 spiro atoms. The molecule has 3 unspecified atom stereocenters. The molecule has 0 aromatic heterocycles. The van der Waals surface area contributed by atoms with Crippen molar-refractivity contribution in [1.29, 1.82) is 0 Å². The first kappa shape index (κ1) is 10.6. The Morgan fingerprint density at radius 1 is 1.36 bits per heavy atom. The first-order chi connectivity index (χ1) is 6.77. The molecule has 5 heteroatoms. The molecular weight excluding hydrogens is 218 g/mol. The van der Waals surface area contributed by atoms with Crippen LogP contribution in [0.2, 0.25) is 0 Å². The maximum absolute atomic E-state index is 10.8. The van der Waals surface area contributed by atoms with E-state index in [4.69, 9.17) is 5.11 Å². The van der Waals surface area contributed by atoms with E-state index in [2.05, 4.69) is 5.32 Å². The van der Waals surface area contributed by atoms with Crippen molar-refractivity contribution in [2.45, 2.75) is 24.3 Å². The standard InChI is InChI=1S/C9H15NO2S2/c11-9(12)7-2-4-14-8(10-7)6-1-3-13-5-6/h6-8,10H,1-5H2,(H,11,12). The minimum Gasteiger partial charge on any atom is -0.480 e. The van der Waals surface area contributed by atoms with Crippen molar-refractivity contribution in [2.75, 3.05) is 17.3 Å². The summed E-state index contributed by atoms with van der Waals surface area (Å²) < 4.78 is 0. The highest BCUT2D eigenvalue weighted by molar-refractivity contribution is 8.00. The maximum atomic E-state index is 10.8. The Morgan fingerprint density at radius 2 is 2.21 bits per heavy atom. The van der Waals surface area contributed by atoms with Crippen LogP contribution in [0, 0.1) is 5.92 Å². The lowest BCUT2D eigenvalue weighted by molar-refractivity contribution is -0.139. The number of rotatable bonds is 2. The third-order valence-corrected chi connectivity index (χ3v) is 5.30. The van der Waals surface area contributed by atoms with Crippen molar-refractivity contribution in [1.82, 2.24) is 5.32 Å². The Kier molecular flexibility index (Phi) is 3.62. The lowest BCUT2D eigenvalue weighted by Gasteiger charge is -2.31. The van der Waals surface area contributed by atoms with Gasteiger partial charge in [0.2, 0.25) is 0 Å². The molecule has 0 aliphatic carbocycles. The van der Waals surface area contributed by atoms with Gasteiger partial charge in [-0.1, -0.05) is 0 Å². The van der Waals surface area contributed by atoms with Gasteiger partial charge in [-0.3, -0.25) is 10.1 Å². The fourth-order valence-electron chi connectivity index (χ4n) is 1.90. The van der Waals surface area contributed by atoms with Crippen LogP contribution in [0.1, 0.15) is 12.8 Å². The summed E-state index contributed by atoms with van der Waals surface area (Å²) in [5.74, 6) is 3.39. The summed E-state index contributed by atoms with van der Waals surface area (Å²) in [6.07, 6.45) is 2.00. The van der Waals surface area contributed by atoms with Crippen LogP contribution in [-0.4, -0.2) is 39.8 Å². The van der Waals surface area contributed by atoms with Crippen molar-refractivity contribution < 1.29 is 9.90 Å². The van der Waals surface area contributed by atoms with Gasteiger partial charge in [0, 0.05) is 0 Å². The van der Waals surface area contributed by atoms with E-state index in [9.17, 15) is 4.79 Å². The molecule has 0 aromatic rings. The van der Waals surface area contributed by atoms with Crippen molar-refractivity contribution in [2.24, 2.45) is 5.92 Å². The number of carbonyl (C=O) groups is 1. The second-order valence-corrected chi connectivity index (χ2v) is 6.16. The highest BCUT2D eigenvalue weighted by Gasteiger charge is 2.32. The molecule has 14 heavy (non-hydrogen) atoms. The van der Waals surface area contributed by atoms with Crippen LogP contribution in [0.15, 0.2) is 0 Å². The fourth-order valence-corrected chi connectivity index (χ4v) is 4.71. The predicted octanol–water partition coefficient (Wildman–Crippen LogP) is 1.25. The highest BCUT2D eigenvalue weighted by atomic mass is 32.2. The van der Waals surface area contributed by atoms with Gasteiger partial charge in [-0.25, -0.2) is 0 Å². The molecule has 2 fully saturated rings. The van der Waals surface area contributed by atoms with Crippen molar-refractivity contribution in [3.8, 4) is 0 Å². The third-order valence-electron chi connectivity index (χ3n) is 2.76. The molecule has 0 amide bonds. The maximum Gasteiger partial charge on any atom is 0.320 e. The summed E-state index contributed by atoms with van der Waals surface area (Å²) >= 11 is 3.88. The average molecular weight is 233 g/mol.